The van der Waals surface area contributed by atoms with Crippen LogP contribution in [0.3, 0.4) is 0 Å². The van der Waals surface area contributed by atoms with E-state index in [2.05, 4.69) is 20.7 Å². The molecule has 1 saturated carbocycles. The van der Waals surface area contributed by atoms with Gasteiger partial charge in [0.15, 0.2) is 0 Å². The van der Waals surface area contributed by atoms with Crippen molar-refractivity contribution in [1.29, 1.82) is 0 Å². The predicted molar refractivity (Wildman–Crippen MR) is 123 cm³/mol. The number of nitrogens with one attached hydrogen (secondary N) is 4. The van der Waals surface area contributed by atoms with Gasteiger partial charge in [-0.15, -0.1) is 0 Å². The molecule has 1 fully saturated rings. The fourth-order valence-corrected chi connectivity index (χ4v) is 4.64. The van der Waals surface area contributed by atoms with Crippen LogP contribution >= 0.6 is 11.9 Å². The molecule has 0 unspecified atom stereocenters. The molecule has 2 aromatic carbocycles. The summed E-state index contributed by atoms with van der Waals surface area (Å²) in [6.07, 6.45) is 5.86. The highest BCUT2D eigenvalue weighted by Crippen LogP contribution is 2.48. The summed E-state index contributed by atoms with van der Waals surface area (Å²) < 4.78 is 17.3. The van der Waals surface area contributed by atoms with Gasteiger partial charge in [-0.05, 0) is 54.6 Å². The number of halogens is 1. The molecule has 4 rings (SSSR count). The molecule has 0 bridgehead atoms. The molecular weight excluding hydrogens is 415 g/mol. The van der Waals surface area contributed by atoms with Crippen LogP contribution in [-0.4, -0.2) is 25.8 Å². The van der Waals surface area contributed by atoms with Gasteiger partial charge >= 0.3 is 0 Å². The Hall–Kier alpha value is -3.00. The topological polar surface area (TPSA) is 82.3 Å². The molecule has 8 heteroatoms. The highest BCUT2D eigenvalue weighted by atomic mass is 32.2. The first-order chi connectivity index (χ1) is 15.0. The molecular formula is C23H25FN4O2S. The van der Waals surface area contributed by atoms with E-state index in [1.165, 1.54) is 18.0 Å². The van der Waals surface area contributed by atoms with E-state index in [4.69, 9.17) is 0 Å². The summed E-state index contributed by atoms with van der Waals surface area (Å²) in [4.78, 5) is 24.3. The van der Waals surface area contributed by atoms with Crippen LogP contribution in [0, 0.1) is 5.82 Å². The number of amides is 1. The van der Waals surface area contributed by atoms with Crippen LogP contribution in [0.25, 0.3) is 0 Å². The zero-order valence-electron chi connectivity index (χ0n) is 17.3. The first-order valence-electron chi connectivity index (χ1n) is 10.3. The third-order valence-corrected chi connectivity index (χ3v) is 6.69. The van der Waals surface area contributed by atoms with Crippen molar-refractivity contribution in [1.82, 2.24) is 5.32 Å². The van der Waals surface area contributed by atoms with Crippen molar-refractivity contribution in [3.05, 3.63) is 59.6 Å². The van der Waals surface area contributed by atoms with Crippen molar-refractivity contribution in [2.24, 2.45) is 0 Å². The maximum Gasteiger partial charge on any atom is 0.245 e. The number of anilines is 3. The van der Waals surface area contributed by atoms with E-state index >= 15 is 0 Å². The summed E-state index contributed by atoms with van der Waals surface area (Å²) in [5.74, 6) is -0.431. The maximum absolute atomic E-state index is 14.0. The Morgan fingerprint density at radius 3 is 2.68 bits per heavy atom. The molecule has 6 nitrogen and oxygen atoms in total. The smallest absolute Gasteiger partial charge is 0.245 e. The second-order valence-electron chi connectivity index (χ2n) is 7.79. The van der Waals surface area contributed by atoms with Gasteiger partial charge in [-0.25, -0.2) is 4.39 Å². The van der Waals surface area contributed by atoms with Gasteiger partial charge in [0.1, 0.15) is 12.1 Å². The maximum atomic E-state index is 14.0. The standard InChI is InChI=1S/C23H25FN4O2S/c1-25-22-17(23(14-29)8-4-9-23)11-16(28-31-20-6-3-2-5-18(20)24)12-19(22)27-15-7-10-26-21(30)13-15/h2-3,5-6,11-14,25,27-28H,4,7-10H2,1H3,(H,26,30). The molecule has 1 heterocycles. The largest absolute Gasteiger partial charge is 0.386 e. The quantitative estimate of drug-likeness (QED) is 0.359. The zero-order valence-corrected chi connectivity index (χ0v) is 18.1. The molecule has 31 heavy (non-hydrogen) atoms. The minimum Gasteiger partial charge on any atom is -0.386 e. The second kappa shape index (κ2) is 9.01. The van der Waals surface area contributed by atoms with Crippen LogP contribution in [-0.2, 0) is 15.0 Å². The average molecular weight is 441 g/mol. The normalized spacial score (nSPS) is 17.1. The van der Waals surface area contributed by atoms with Gasteiger partial charge in [-0.2, -0.15) is 0 Å². The fraction of sp³-hybridized carbons (Fsp3) is 0.304. The molecule has 0 aromatic heterocycles. The van der Waals surface area contributed by atoms with Gasteiger partial charge in [-0.3, -0.25) is 4.79 Å². The lowest BCUT2D eigenvalue weighted by molar-refractivity contribution is -0.117. The Morgan fingerprint density at radius 2 is 2.03 bits per heavy atom. The molecule has 4 N–H and O–H groups in total. The van der Waals surface area contributed by atoms with Gasteiger partial charge < -0.3 is 25.5 Å². The van der Waals surface area contributed by atoms with E-state index in [9.17, 15) is 14.0 Å². The number of carbonyl (C=O) groups excluding carboxylic acids is 2. The van der Waals surface area contributed by atoms with Crippen molar-refractivity contribution < 1.29 is 14.0 Å². The monoisotopic (exact) mass is 440 g/mol. The Kier molecular flexibility index (Phi) is 6.18. The lowest BCUT2D eigenvalue weighted by Gasteiger charge is -2.39. The second-order valence-corrected chi connectivity index (χ2v) is 8.64. The third-order valence-electron chi connectivity index (χ3n) is 5.81. The Labute approximate surface area is 185 Å². The van der Waals surface area contributed by atoms with Crippen molar-refractivity contribution >= 4 is 41.2 Å². The molecule has 1 amide bonds. The Morgan fingerprint density at radius 1 is 1.23 bits per heavy atom. The van der Waals surface area contributed by atoms with Crippen molar-refractivity contribution in [3.8, 4) is 0 Å². The SMILES string of the molecule is CNc1c(NC2=CC(=O)NCC2)cc(NSc2ccccc2F)cc1C1(C=O)CCC1. The number of benzene rings is 2. The minimum absolute atomic E-state index is 0.132. The lowest BCUT2D eigenvalue weighted by atomic mass is 9.65. The summed E-state index contributed by atoms with van der Waals surface area (Å²) in [7, 11) is 1.82. The van der Waals surface area contributed by atoms with Crippen LogP contribution in [0.4, 0.5) is 21.5 Å². The molecule has 0 saturated heterocycles. The summed E-state index contributed by atoms with van der Waals surface area (Å²) in [6, 6.07) is 10.4. The predicted octanol–water partition coefficient (Wildman–Crippen LogP) is 4.42. The molecule has 1 aliphatic carbocycles. The van der Waals surface area contributed by atoms with Crippen LogP contribution < -0.4 is 20.7 Å². The van der Waals surface area contributed by atoms with Gasteiger partial charge in [-0.1, -0.05) is 18.6 Å². The summed E-state index contributed by atoms with van der Waals surface area (Å²) in [5.41, 5.74) is 3.52. The zero-order chi connectivity index (χ0) is 21.8. The fourth-order valence-electron chi connectivity index (χ4n) is 3.98. The molecule has 0 spiro atoms. The highest BCUT2D eigenvalue weighted by Gasteiger charge is 2.41. The van der Waals surface area contributed by atoms with Crippen LogP contribution in [0.2, 0.25) is 0 Å². The first kappa shape index (κ1) is 21.2. The van der Waals surface area contributed by atoms with E-state index in [0.29, 0.717) is 17.9 Å². The average Bonchev–Trinajstić information content (AvgIpc) is 2.73. The molecule has 2 aliphatic rings. The van der Waals surface area contributed by atoms with E-state index in [1.54, 1.807) is 24.3 Å². The highest BCUT2D eigenvalue weighted by molar-refractivity contribution is 8.00. The molecule has 0 atom stereocenters. The summed E-state index contributed by atoms with van der Waals surface area (Å²) in [5, 5.41) is 9.38. The van der Waals surface area contributed by atoms with Gasteiger partial charge in [0, 0.05) is 37.5 Å². The van der Waals surface area contributed by atoms with Gasteiger partial charge in [0.05, 0.1) is 21.7 Å². The van der Waals surface area contributed by atoms with Crippen molar-refractivity contribution in [3.63, 3.8) is 0 Å². The summed E-state index contributed by atoms with van der Waals surface area (Å²) in [6.45, 7) is 0.568. The van der Waals surface area contributed by atoms with Crippen molar-refractivity contribution in [2.45, 2.75) is 36.0 Å². The Balaban J connectivity index is 1.71. The third kappa shape index (κ3) is 4.39. The number of hydrogen-bond donors (Lipinski definition) is 4. The van der Waals surface area contributed by atoms with Crippen LogP contribution in [0.15, 0.2) is 53.1 Å². The molecule has 162 valence electrons. The van der Waals surface area contributed by atoms with E-state index in [0.717, 1.165) is 53.9 Å². The Bertz CT molecular complexity index is 1040. The van der Waals surface area contributed by atoms with Crippen LogP contribution in [0.5, 0.6) is 0 Å². The first-order valence-corrected chi connectivity index (χ1v) is 11.1. The lowest BCUT2D eigenvalue weighted by Crippen LogP contribution is -2.36. The van der Waals surface area contributed by atoms with E-state index in [1.807, 2.05) is 19.2 Å². The van der Waals surface area contributed by atoms with Gasteiger partial charge in [0.25, 0.3) is 0 Å². The molecule has 2 aromatic rings. The summed E-state index contributed by atoms with van der Waals surface area (Å²) >= 11 is 1.18. The van der Waals surface area contributed by atoms with Crippen LogP contribution in [0.1, 0.15) is 31.2 Å². The van der Waals surface area contributed by atoms with Gasteiger partial charge in [0.2, 0.25) is 5.91 Å². The van der Waals surface area contributed by atoms with Crippen molar-refractivity contribution in [2.75, 3.05) is 28.9 Å². The minimum atomic E-state index is -0.534. The van der Waals surface area contributed by atoms with E-state index in [-0.39, 0.29) is 11.7 Å². The molecule has 1 aliphatic heterocycles. The number of aldehydes is 1. The number of hydrogen-bond acceptors (Lipinski definition) is 6. The van der Waals surface area contributed by atoms with E-state index < -0.39 is 5.41 Å². The number of rotatable bonds is 8. The molecule has 0 radical (unpaired) electrons. The number of carbonyl (C=O) groups is 2.